The lowest BCUT2D eigenvalue weighted by atomic mass is 9.70. The van der Waals surface area contributed by atoms with Crippen molar-refractivity contribution >= 4 is 23.0 Å². The van der Waals surface area contributed by atoms with E-state index in [0.717, 1.165) is 17.8 Å². The van der Waals surface area contributed by atoms with E-state index in [4.69, 9.17) is 12.2 Å². The zero-order valence-electron chi connectivity index (χ0n) is 11.6. The highest BCUT2D eigenvalue weighted by Gasteiger charge is 2.37. The largest absolute Gasteiger partial charge is 0.333 e. The number of nitrogens with one attached hydrogen (secondary N) is 2. The van der Waals surface area contributed by atoms with Crippen LogP contribution >= 0.6 is 12.2 Å². The molecule has 2 aliphatic rings. The van der Waals surface area contributed by atoms with Crippen LogP contribution < -0.4 is 10.6 Å². The van der Waals surface area contributed by atoms with Gasteiger partial charge in [0.2, 0.25) is 0 Å². The van der Waals surface area contributed by atoms with Crippen LogP contribution in [0.15, 0.2) is 36.0 Å². The molecule has 1 heterocycles. The van der Waals surface area contributed by atoms with E-state index in [1.54, 1.807) is 0 Å². The third-order valence-electron chi connectivity index (χ3n) is 3.90. The minimum Gasteiger partial charge on any atom is -0.333 e. The van der Waals surface area contributed by atoms with Crippen molar-refractivity contribution in [2.24, 2.45) is 5.41 Å². The molecule has 0 saturated carbocycles. The van der Waals surface area contributed by atoms with Gasteiger partial charge in [-0.1, -0.05) is 38.1 Å². The van der Waals surface area contributed by atoms with Crippen molar-refractivity contribution < 1.29 is 0 Å². The zero-order valence-corrected chi connectivity index (χ0v) is 12.4. The van der Waals surface area contributed by atoms with E-state index in [0.29, 0.717) is 5.11 Å². The van der Waals surface area contributed by atoms with Crippen molar-refractivity contribution in [3.63, 3.8) is 0 Å². The van der Waals surface area contributed by atoms with Crippen molar-refractivity contribution in [1.82, 2.24) is 10.6 Å². The van der Waals surface area contributed by atoms with Gasteiger partial charge in [0, 0.05) is 16.8 Å². The molecule has 3 rings (SSSR count). The average Bonchev–Trinajstić information content (AvgIpc) is 2.28. The van der Waals surface area contributed by atoms with E-state index in [1.807, 2.05) is 0 Å². The highest BCUT2D eigenvalue weighted by atomic mass is 32.1. The Morgan fingerprint density at radius 1 is 1.26 bits per heavy atom. The van der Waals surface area contributed by atoms with Gasteiger partial charge in [-0.3, -0.25) is 0 Å². The number of fused-ring (bicyclic) bond motifs is 2. The topological polar surface area (TPSA) is 24.1 Å². The molecule has 0 fully saturated rings. The van der Waals surface area contributed by atoms with Gasteiger partial charge in [0.05, 0.1) is 5.70 Å². The average molecular weight is 270 g/mol. The molecule has 0 saturated heterocycles. The lowest BCUT2D eigenvalue weighted by Gasteiger charge is -2.40. The Bertz CT molecular complexity index is 638. The molecule has 0 amide bonds. The third-order valence-corrected chi connectivity index (χ3v) is 4.10. The van der Waals surface area contributed by atoms with Gasteiger partial charge in [0.25, 0.3) is 0 Å². The van der Waals surface area contributed by atoms with Crippen LogP contribution in [0.2, 0.25) is 0 Å². The van der Waals surface area contributed by atoms with E-state index < -0.39 is 0 Å². The van der Waals surface area contributed by atoms with Crippen LogP contribution in [0.5, 0.6) is 0 Å². The van der Waals surface area contributed by atoms with E-state index in [9.17, 15) is 0 Å². The maximum atomic E-state index is 5.27. The Balaban J connectivity index is 2.29. The molecule has 0 bridgehead atoms. The van der Waals surface area contributed by atoms with Crippen molar-refractivity contribution in [3.05, 3.63) is 52.7 Å². The molecule has 0 spiro atoms. The van der Waals surface area contributed by atoms with Crippen LogP contribution in [-0.2, 0) is 6.42 Å². The summed E-state index contributed by atoms with van der Waals surface area (Å²) in [7, 11) is 0. The summed E-state index contributed by atoms with van der Waals surface area (Å²) in [5.41, 5.74) is 7.27. The monoisotopic (exact) mass is 270 g/mol. The summed E-state index contributed by atoms with van der Waals surface area (Å²) in [6.07, 6.45) is 1.02. The van der Waals surface area contributed by atoms with E-state index in [-0.39, 0.29) is 5.41 Å². The molecular weight excluding hydrogens is 252 g/mol. The van der Waals surface area contributed by atoms with Gasteiger partial charge in [-0.05, 0) is 42.6 Å². The van der Waals surface area contributed by atoms with Crippen LogP contribution in [0.4, 0.5) is 0 Å². The molecule has 1 aromatic carbocycles. The molecule has 1 aliphatic carbocycles. The fraction of sp³-hybridized carbons (Fsp3) is 0.312. The molecule has 2 N–H and O–H groups in total. The van der Waals surface area contributed by atoms with Gasteiger partial charge in [-0.2, -0.15) is 0 Å². The summed E-state index contributed by atoms with van der Waals surface area (Å²) in [6.45, 7) is 10.8. The number of hydrogen-bond acceptors (Lipinski definition) is 1. The Labute approximate surface area is 119 Å². The quantitative estimate of drug-likeness (QED) is 0.708. The summed E-state index contributed by atoms with van der Waals surface area (Å²) in [6, 6.07) is 6.63. The highest BCUT2D eigenvalue weighted by molar-refractivity contribution is 7.80. The van der Waals surface area contributed by atoms with Crippen molar-refractivity contribution in [2.75, 3.05) is 0 Å². The number of thiocarbonyl (C=S) groups is 1. The minimum atomic E-state index is 0.0602. The molecule has 2 nitrogen and oxygen atoms in total. The summed E-state index contributed by atoms with van der Waals surface area (Å²) >= 11 is 5.27. The standard InChI is InChI=1S/C16H18N2S/c1-9-5-6-11-8-16(3,4)13-10(2)17-15(19)18-14(13)12(11)7-9/h5-7H,2,8H2,1,3-4H3,(H2,17,18,19). The Hall–Kier alpha value is -1.61. The SMILES string of the molecule is C=C1NC(=S)NC2=C1C(C)(C)Cc1ccc(C)cc12. The van der Waals surface area contributed by atoms with Gasteiger partial charge in [0.15, 0.2) is 5.11 Å². The Morgan fingerprint density at radius 2 is 2.00 bits per heavy atom. The molecule has 0 unspecified atom stereocenters. The second-order valence-electron chi connectivity index (χ2n) is 6.03. The van der Waals surface area contributed by atoms with Gasteiger partial charge in [-0.25, -0.2) is 0 Å². The highest BCUT2D eigenvalue weighted by Crippen LogP contribution is 2.45. The van der Waals surface area contributed by atoms with Crippen molar-refractivity contribution in [1.29, 1.82) is 0 Å². The third kappa shape index (κ3) is 1.89. The molecule has 0 radical (unpaired) electrons. The van der Waals surface area contributed by atoms with Gasteiger partial charge >= 0.3 is 0 Å². The van der Waals surface area contributed by atoms with E-state index >= 15 is 0 Å². The van der Waals surface area contributed by atoms with Crippen LogP contribution in [-0.4, -0.2) is 5.11 Å². The van der Waals surface area contributed by atoms with E-state index in [2.05, 4.69) is 56.2 Å². The maximum absolute atomic E-state index is 5.27. The first kappa shape index (κ1) is 12.4. The molecule has 98 valence electrons. The fourth-order valence-electron chi connectivity index (χ4n) is 3.15. The summed E-state index contributed by atoms with van der Waals surface area (Å²) in [5, 5.41) is 7.11. The van der Waals surface area contributed by atoms with Crippen molar-refractivity contribution in [3.8, 4) is 0 Å². The lowest BCUT2D eigenvalue weighted by Crippen LogP contribution is -2.44. The number of hydrogen-bond donors (Lipinski definition) is 2. The van der Waals surface area contributed by atoms with Crippen LogP contribution in [0.1, 0.15) is 30.5 Å². The summed E-state index contributed by atoms with van der Waals surface area (Å²) in [5.74, 6) is 0. The first-order valence-corrected chi connectivity index (χ1v) is 6.91. The molecule has 0 aromatic heterocycles. The predicted molar refractivity (Wildman–Crippen MR) is 83.6 cm³/mol. The van der Waals surface area contributed by atoms with Crippen LogP contribution in [0.25, 0.3) is 5.70 Å². The first-order valence-electron chi connectivity index (χ1n) is 6.50. The molecule has 1 aliphatic heterocycles. The molecular formula is C16H18N2S. The normalized spacial score (nSPS) is 20.4. The van der Waals surface area contributed by atoms with Crippen LogP contribution in [0, 0.1) is 12.3 Å². The second-order valence-corrected chi connectivity index (χ2v) is 6.44. The Morgan fingerprint density at radius 3 is 2.74 bits per heavy atom. The smallest absolute Gasteiger partial charge is 0.175 e. The Kier molecular flexibility index (Phi) is 2.58. The number of benzene rings is 1. The van der Waals surface area contributed by atoms with Gasteiger partial charge < -0.3 is 10.6 Å². The molecule has 19 heavy (non-hydrogen) atoms. The minimum absolute atomic E-state index is 0.0602. The van der Waals surface area contributed by atoms with E-state index in [1.165, 1.54) is 22.3 Å². The molecule has 1 aromatic rings. The van der Waals surface area contributed by atoms with Gasteiger partial charge in [0.1, 0.15) is 0 Å². The lowest BCUT2D eigenvalue weighted by molar-refractivity contribution is 0.438. The number of aryl methyl sites for hydroxylation is 1. The zero-order chi connectivity index (χ0) is 13.8. The van der Waals surface area contributed by atoms with Crippen LogP contribution in [0.3, 0.4) is 0 Å². The predicted octanol–water partition coefficient (Wildman–Crippen LogP) is 3.28. The first-order chi connectivity index (χ1) is 8.88. The summed E-state index contributed by atoms with van der Waals surface area (Å²) < 4.78 is 0. The maximum Gasteiger partial charge on any atom is 0.175 e. The second kappa shape index (κ2) is 3.94. The van der Waals surface area contributed by atoms with Gasteiger partial charge in [-0.15, -0.1) is 0 Å². The van der Waals surface area contributed by atoms with Crippen molar-refractivity contribution in [2.45, 2.75) is 27.2 Å². The molecule has 0 atom stereocenters. The molecule has 3 heteroatoms. The number of rotatable bonds is 0. The summed E-state index contributed by atoms with van der Waals surface area (Å²) in [4.78, 5) is 0. The fourth-order valence-corrected chi connectivity index (χ4v) is 3.37. The number of allylic oxidation sites excluding steroid dienone is 1.